The fourth-order valence-electron chi connectivity index (χ4n) is 3.47. The third kappa shape index (κ3) is 19.8. The summed E-state index contributed by atoms with van der Waals surface area (Å²) >= 11 is 0. The van der Waals surface area contributed by atoms with Crippen LogP contribution in [-0.2, 0) is 16.5 Å². The molecular weight excluding hydrogens is 583 g/mol. The number of anilines is 1. The average molecular weight is 621 g/mol. The zero-order valence-corrected chi connectivity index (χ0v) is 24.2. The molecule has 2 aliphatic heterocycles. The van der Waals surface area contributed by atoms with E-state index in [0.29, 0.717) is 41.1 Å². The van der Waals surface area contributed by atoms with E-state index in [-0.39, 0.29) is 33.1 Å². The number of piperidine rings is 1. The van der Waals surface area contributed by atoms with E-state index in [1.165, 1.54) is 57.6 Å². The van der Waals surface area contributed by atoms with Crippen LogP contribution >= 0.6 is 0 Å². The Morgan fingerprint density at radius 2 is 1.46 bits per heavy atom. The second-order valence-corrected chi connectivity index (χ2v) is 8.83. The first-order chi connectivity index (χ1) is 19.2. The molecule has 0 spiro atoms. The van der Waals surface area contributed by atoms with Crippen molar-refractivity contribution >= 4 is 11.4 Å². The van der Waals surface area contributed by atoms with Gasteiger partial charge in [0, 0.05) is 46.4 Å². The Hall–Kier alpha value is -3.85. The van der Waals surface area contributed by atoms with Gasteiger partial charge in [0.15, 0.2) is 0 Å². The van der Waals surface area contributed by atoms with E-state index in [4.69, 9.17) is 0 Å². The number of benzene rings is 1. The van der Waals surface area contributed by atoms with Crippen molar-refractivity contribution in [3.8, 4) is 0 Å². The Morgan fingerprint density at radius 3 is 1.80 bits per heavy atom. The van der Waals surface area contributed by atoms with Crippen LogP contribution in [0.25, 0.3) is 10.6 Å². The van der Waals surface area contributed by atoms with E-state index < -0.39 is 11.0 Å². The van der Waals surface area contributed by atoms with Crippen LogP contribution in [0.2, 0.25) is 0 Å². The second-order valence-electron chi connectivity index (χ2n) is 8.83. The van der Waals surface area contributed by atoms with Crippen LogP contribution in [-0.4, -0.2) is 65.4 Å². The molecule has 0 radical (unpaired) electrons. The smallest absolute Gasteiger partial charge is 0.269 e. The van der Waals surface area contributed by atoms with E-state index in [0.717, 1.165) is 19.6 Å². The van der Waals surface area contributed by atoms with Gasteiger partial charge < -0.3 is 21.0 Å². The van der Waals surface area contributed by atoms with Crippen LogP contribution in [0.5, 0.6) is 0 Å². The van der Waals surface area contributed by atoms with Crippen LogP contribution in [0.3, 0.4) is 0 Å². The van der Waals surface area contributed by atoms with Gasteiger partial charge in [0.2, 0.25) is 6.04 Å². The third-order valence-electron chi connectivity index (χ3n) is 5.56. The van der Waals surface area contributed by atoms with Crippen LogP contribution < -0.4 is 10.9 Å². The molecule has 2 fully saturated rings. The monoisotopic (exact) mass is 620 g/mol. The molecule has 1 saturated carbocycles. The van der Waals surface area contributed by atoms with Crippen LogP contribution in [0.4, 0.5) is 11.4 Å². The molecule has 41 heavy (non-hydrogen) atoms. The maximum absolute atomic E-state index is 10.4. The van der Waals surface area contributed by atoms with Crippen LogP contribution in [0.15, 0.2) is 59.1 Å². The molecular formula is C24H38N10NiO6-2. The summed E-state index contributed by atoms with van der Waals surface area (Å²) < 4.78 is 0. The molecule has 4 rings (SSSR count). The Balaban J connectivity index is 0.000000552. The van der Waals surface area contributed by atoms with Crippen molar-refractivity contribution in [2.75, 3.05) is 39.2 Å². The van der Waals surface area contributed by atoms with Gasteiger partial charge in [0.1, 0.15) is 25.8 Å². The summed E-state index contributed by atoms with van der Waals surface area (Å²) in [5.74, 6) is 0. The minimum Gasteiger partial charge on any atom is -0.696 e. The Bertz CT molecular complexity index is 964. The molecule has 232 valence electrons. The molecule has 1 aromatic carbocycles. The first-order valence-corrected chi connectivity index (χ1v) is 12.9. The predicted octanol–water partition coefficient (Wildman–Crippen LogP) is 5.17. The minimum absolute atomic E-state index is 0. The number of hydrogen-bond acceptors (Lipinski definition) is 8. The number of nitrogens with one attached hydrogen (secondary N) is 2. The van der Waals surface area contributed by atoms with Crippen molar-refractivity contribution in [1.29, 1.82) is 0 Å². The molecule has 0 atom stereocenters. The van der Waals surface area contributed by atoms with Gasteiger partial charge in [-0.05, 0) is 25.0 Å². The average Bonchev–Trinajstić information content (AvgIpc) is 2.98. The van der Waals surface area contributed by atoms with Crippen LogP contribution in [0, 0.1) is 30.6 Å². The molecule has 2 heterocycles. The van der Waals surface area contributed by atoms with Gasteiger partial charge in [-0.3, -0.25) is 20.2 Å². The number of allylic oxidation sites excluding steroid dienone is 2. The van der Waals surface area contributed by atoms with E-state index in [1.807, 2.05) is 18.2 Å². The van der Waals surface area contributed by atoms with E-state index in [9.17, 15) is 30.6 Å². The van der Waals surface area contributed by atoms with Crippen LogP contribution in [0.1, 0.15) is 44.9 Å². The molecule has 0 aromatic heterocycles. The third-order valence-corrected chi connectivity index (χ3v) is 5.56. The fourth-order valence-corrected chi connectivity index (χ4v) is 3.47. The molecule has 1 saturated heterocycles. The standard InChI is InChI=1S/C7H14N4O3.C7H8N4O3.C5H10N.C5H6N.Ni/c2*1-10(12)9-8-6-2-4-7(5-3-6)11(13)14;2*1-2-4-6-5-3-1;/h6-8H,2-5H2,1H3;2-5,8H,1H3;1-5H2;1-4H,5H2;/q;;2*-1;/b2*10-9-;;;. The van der Waals surface area contributed by atoms with E-state index >= 15 is 0 Å². The summed E-state index contributed by atoms with van der Waals surface area (Å²) in [7, 11) is 2.51. The molecule has 16 nitrogen and oxygen atoms in total. The van der Waals surface area contributed by atoms with Gasteiger partial charge in [-0.2, -0.15) is 21.3 Å². The Morgan fingerprint density at radius 1 is 0.854 bits per heavy atom. The number of nitrogens with zero attached hydrogens (tertiary/aromatic N) is 8. The number of hydroxylamine groups is 2. The first kappa shape index (κ1) is 37.2. The molecule has 3 aliphatic rings. The molecule has 0 unspecified atom stereocenters. The van der Waals surface area contributed by atoms with Gasteiger partial charge in [-0.1, -0.05) is 31.4 Å². The number of nitro benzene ring substituents is 1. The molecule has 17 heteroatoms. The number of non-ortho nitro benzene ring substituents is 1. The summed E-state index contributed by atoms with van der Waals surface area (Å²) in [6.45, 7) is 3.11. The van der Waals surface area contributed by atoms with Crippen molar-refractivity contribution in [1.82, 2.24) is 5.43 Å². The van der Waals surface area contributed by atoms with Crippen molar-refractivity contribution in [2.24, 2.45) is 10.4 Å². The number of nitro groups is 2. The van der Waals surface area contributed by atoms with Gasteiger partial charge in [-0.15, -0.1) is 31.1 Å². The quantitative estimate of drug-likeness (QED) is 0.142. The second kappa shape index (κ2) is 22.9. The van der Waals surface area contributed by atoms with Crippen molar-refractivity contribution in [2.45, 2.75) is 57.0 Å². The molecule has 1 aliphatic carbocycles. The summed E-state index contributed by atoms with van der Waals surface area (Å²) in [6.07, 6.45) is 14.3. The summed E-state index contributed by atoms with van der Waals surface area (Å²) in [5, 5.41) is 56.4. The summed E-state index contributed by atoms with van der Waals surface area (Å²) in [6, 6.07) is 5.25. The number of rotatable bonds is 6. The van der Waals surface area contributed by atoms with Gasteiger partial charge in [0.05, 0.1) is 15.4 Å². The minimum atomic E-state index is -0.499. The fraction of sp³-hybridized carbons (Fsp3) is 0.583. The molecule has 0 amide bonds. The molecule has 0 bridgehead atoms. The first-order valence-electron chi connectivity index (χ1n) is 12.9. The van der Waals surface area contributed by atoms with Gasteiger partial charge >= 0.3 is 0 Å². The maximum atomic E-state index is 10.4. The van der Waals surface area contributed by atoms with Crippen molar-refractivity contribution in [3.63, 3.8) is 0 Å². The largest absolute Gasteiger partial charge is 0.696 e. The predicted molar refractivity (Wildman–Crippen MR) is 150 cm³/mol. The SMILES string of the molecule is C/[N+]([O-])=N/NC1CCC([N+](=O)[O-])CC1.C/[N+]([O-])=N/Nc1ccc([N+](=O)[O-])cc1.C1=CC[N-]C=C1.C1CC[N-]CC1.[Ni]. The normalized spacial score (nSPS) is 19.6. The maximum Gasteiger partial charge on any atom is 0.269 e. The Kier molecular flexibility index (Phi) is 20.8. The van der Waals surface area contributed by atoms with E-state index in [1.54, 1.807) is 6.20 Å². The van der Waals surface area contributed by atoms with Gasteiger partial charge in [-0.25, -0.2) is 0 Å². The topological polar surface area (TPSA) is 215 Å². The molecule has 2 N–H and O–H groups in total. The zero-order chi connectivity index (χ0) is 29.6. The van der Waals surface area contributed by atoms with E-state index in [2.05, 4.69) is 31.9 Å². The molecule has 1 aromatic rings. The summed E-state index contributed by atoms with van der Waals surface area (Å²) in [4.78, 5) is 20.8. The zero-order valence-electron chi connectivity index (χ0n) is 23.2. The Labute approximate surface area is 249 Å². The number of hydrogen-bond donors (Lipinski definition) is 2. The van der Waals surface area contributed by atoms with Crippen molar-refractivity contribution in [3.05, 3.63) is 90.0 Å². The summed E-state index contributed by atoms with van der Waals surface area (Å²) in [5.41, 5.74) is 5.63. The van der Waals surface area contributed by atoms with Crippen molar-refractivity contribution < 1.29 is 36.1 Å². The van der Waals surface area contributed by atoms with Gasteiger partial charge in [0.25, 0.3) is 5.69 Å².